The van der Waals surface area contributed by atoms with Crippen molar-refractivity contribution >= 4 is 33.1 Å². The Hall–Kier alpha value is -1.41. The van der Waals surface area contributed by atoms with E-state index in [9.17, 15) is 18.0 Å². The van der Waals surface area contributed by atoms with Gasteiger partial charge in [0.2, 0.25) is 0 Å². The largest absolute Gasteiger partial charge is 0.465 e. The van der Waals surface area contributed by atoms with Gasteiger partial charge in [0.1, 0.15) is 4.88 Å². The molecule has 0 aromatic carbocycles. The maximum atomic E-state index is 12.0. The van der Waals surface area contributed by atoms with Gasteiger partial charge < -0.3 is 10.1 Å². The molecule has 1 saturated carbocycles. The summed E-state index contributed by atoms with van der Waals surface area (Å²) in [5.74, 6) is -0.784. The summed E-state index contributed by atoms with van der Waals surface area (Å²) in [6, 6.07) is 3.04. The Labute approximate surface area is 127 Å². The lowest BCUT2D eigenvalue weighted by Crippen LogP contribution is -2.39. The maximum Gasteiger partial charge on any atom is 0.348 e. The number of esters is 1. The highest BCUT2D eigenvalue weighted by Crippen LogP contribution is 2.43. The molecule has 8 heteroatoms. The van der Waals surface area contributed by atoms with Crippen molar-refractivity contribution in [1.82, 2.24) is 5.32 Å². The number of rotatable bonds is 6. The van der Waals surface area contributed by atoms with Gasteiger partial charge in [-0.05, 0) is 25.0 Å². The van der Waals surface area contributed by atoms with Crippen molar-refractivity contribution in [2.75, 3.05) is 19.4 Å². The van der Waals surface area contributed by atoms with Gasteiger partial charge in [-0.25, -0.2) is 13.2 Å². The second kappa shape index (κ2) is 5.76. The Balaban J connectivity index is 2.00. The molecule has 0 saturated heterocycles. The number of methoxy groups -OCH3 is 1. The number of hydrogen-bond acceptors (Lipinski definition) is 6. The van der Waals surface area contributed by atoms with Crippen molar-refractivity contribution in [2.45, 2.75) is 24.5 Å². The van der Waals surface area contributed by atoms with Crippen LogP contribution in [0.2, 0.25) is 0 Å². The van der Waals surface area contributed by atoms with Crippen LogP contribution in [0.1, 0.15) is 39.1 Å². The van der Waals surface area contributed by atoms with Crippen LogP contribution in [-0.2, 0) is 14.6 Å². The lowest BCUT2D eigenvalue weighted by atomic mass is 10.3. The van der Waals surface area contributed by atoms with Gasteiger partial charge >= 0.3 is 5.97 Å². The Kier molecular flexibility index (Phi) is 4.38. The summed E-state index contributed by atoms with van der Waals surface area (Å²) in [6.45, 7) is 1.73. The normalized spacial score (nSPS) is 16.3. The van der Waals surface area contributed by atoms with E-state index in [2.05, 4.69) is 10.1 Å². The van der Waals surface area contributed by atoms with Gasteiger partial charge in [0.05, 0.1) is 16.7 Å². The summed E-state index contributed by atoms with van der Waals surface area (Å²) in [7, 11) is -1.89. The Morgan fingerprint density at radius 3 is 2.48 bits per heavy atom. The molecule has 6 nitrogen and oxygen atoms in total. The molecule has 21 heavy (non-hydrogen) atoms. The zero-order valence-electron chi connectivity index (χ0n) is 11.8. The molecule has 1 heterocycles. The molecule has 0 spiro atoms. The first-order valence-corrected chi connectivity index (χ1v) is 9.01. The molecule has 0 unspecified atom stereocenters. The van der Waals surface area contributed by atoms with Crippen molar-refractivity contribution in [3.05, 3.63) is 21.9 Å². The van der Waals surface area contributed by atoms with Crippen molar-refractivity contribution in [3.63, 3.8) is 0 Å². The smallest absolute Gasteiger partial charge is 0.348 e. The number of hydrogen-bond donors (Lipinski definition) is 1. The summed E-state index contributed by atoms with van der Waals surface area (Å²) >= 11 is 1.02. The van der Waals surface area contributed by atoms with E-state index >= 15 is 0 Å². The fourth-order valence-corrected chi connectivity index (χ4v) is 4.51. The molecule has 1 aromatic heterocycles. The van der Waals surface area contributed by atoms with E-state index in [0.717, 1.165) is 11.3 Å². The highest BCUT2D eigenvalue weighted by molar-refractivity contribution is 7.93. The van der Waals surface area contributed by atoms with Crippen LogP contribution in [0.3, 0.4) is 0 Å². The van der Waals surface area contributed by atoms with Crippen LogP contribution in [0.25, 0.3) is 0 Å². The highest BCUT2D eigenvalue weighted by Gasteiger charge is 2.53. The van der Waals surface area contributed by atoms with Crippen LogP contribution in [-0.4, -0.2) is 44.4 Å². The Morgan fingerprint density at radius 2 is 1.95 bits per heavy atom. The van der Waals surface area contributed by atoms with Gasteiger partial charge in [0.15, 0.2) is 9.84 Å². The predicted octanol–water partition coefficient (Wildman–Crippen LogP) is 1.23. The molecular weight excluding hydrogens is 314 g/mol. The van der Waals surface area contributed by atoms with Gasteiger partial charge in [-0.15, -0.1) is 11.3 Å². The molecule has 0 bridgehead atoms. The third-order valence-corrected chi connectivity index (χ3v) is 7.33. The van der Waals surface area contributed by atoms with Gasteiger partial charge in [-0.3, -0.25) is 4.79 Å². The first-order valence-electron chi connectivity index (χ1n) is 6.54. The number of ether oxygens (including phenoxy) is 1. The summed E-state index contributed by atoms with van der Waals surface area (Å²) in [5.41, 5.74) is 0. The average molecular weight is 331 g/mol. The van der Waals surface area contributed by atoms with E-state index in [1.807, 2.05) is 0 Å². The van der Waals surface area contributed by atoms with Crippen LogP contribution in [0.5, 0.6) is 0 Å². The van der Waals surface area contributed by atoms with Crippen molar-refractivity contribution in [2.24, 2.45) is 0 Å². The number of amides is 1. The molecule has 1 N–H and O–H groups in total. The average Bonchev–Trinajstić information content (AvgIpc) is 3.13. The SMILES string of the molecule is CCS(=O)(=O)C1(CNC(=O)c2ccc(C(=O)OC)s2)CC1. The second-order valence-electron chi connectivity index (χ2n) is 4.92. The fraction of sp³-hybridized carbons (Fsp3) is 0.538. The lowest BCUT2D eigenvalue weighted by molar-refractivity contribution is 0.0606. The molecular formula is C13H17NO5S2. The third kappa shape index (κ3) is 3.11. The minimum atomic E-state index is -3.16. The summed E-state index contributed by atoms with van der Waals surface area (Å²) < 4.78 is 27.7. The summed E-state index contributed by atoms with van der Waals surface area (Å²) in [5, 5.41) is 2.65. The third-order valence-electron chi connectivity index (χ3n) is 3.63. The van der Waals surface area contributed by atoms with Gasteiger partial charge in [0, 0.05) is 12.3 Å². The first-order chi connectivity index (χ1) is 9.85. The van der Waals surface area contributed by atoms with Crippen LogP contribution in [0.15, 0.2) is 12.1 Å². The molecule has 0 radical (unpaired) electrons. The molecule has 0 atom stereocenters. The standard InChI is InChI=1S/C13H17NO5S2/c1-3-21(17,18)13(6-7-13)8-14-11(15)9-4-5-10(20-9)12(16)19-2/h4-5H,3,6-8H2,1-2H3,(H,14,15). The lowest BCUT2D eigenvalue weighted by Gasteiger charge is -2.15. The predicted molar refractivity (Wildman–Crippen MR) is 79.4 cm³/mol. The number of thiophene rings is 1. The molecule has 0 aliphatic heterocycles. The van der Waals surface area contributed by atoms with E-state index in [1.165, 1.54) is 19.2 Å². The molecule has 1 aliphatic carbocycles. The van der Waals surface area contributed by atoms with Crippen molar-refractivity contribution in [1.29, 1.82) is 0 Å². The molecule has 1 fully saturated rings. The van der Waals surface area contributed by atoms with E-state index in [-0.39, 0.29) is 18.2 Å². The molecule has 1 amide bonds. The minimum absolute atomic E-state index is 0.0777. The van der Waals surface area contributed by atoms with E-state index < -0.39 is 20.6 Å². The van der Waals surface area contributed by atoms with Gasteiger partial charge in [-0.1, -0.05) is 6.92 Å². The van der Waals surface area contributed by atoms with Gasteiger partial charge in [-0.2, -0.15) is 0 Å². The highest BCUT2D eigenvalue weighted by atomic mass is 32.2. The summed E-state index contributed by atoms with van der Waals surface area (Å²) in [6.07, 6.45) is 1.17. The Bertz CT molecular complexity index is 658. The molecule has 2 rings (SSSR count). The van der Waals surface area contributed by atoms with Crippen molar-refractivity contribution in [3.8, 4) is 0 Å². The van der Waals surface area contributed by atoms with Gasteiger partial charge in [0.25, 0.3) is 5.91 Å². The zero-order chi connectivity index (χ0) is 15.7. The van der Waals surface area contributed by atoms with Crippen molar-refractivity contribution < 1.29 is 22.7 Å². The molecule has 116 valence electrons. The monoisotopic (exact) mass is 331 g/mol. The zero-order valence-corrected chi connectivity index (χ0v) is 13.5. The molecule has 1 aromatic rings. The summed E-state index contributed by atoms with van der Waals surface area (Å²) in [4.78, 5) is 24.0. The Morgan fingerprint density at radius 1 is 1.33 bits per heavy atom. The number of nitrogens with one attached hydrogen (secondary N) is 1. The molecule has 1 aliphatic rings. The number of carbonyl (C=O) groups is 2. The second-order valence-corrected chi connectivity index (χ2v) is 8.68. The van der Waals surface area contributed by atoms with E-state index in [1.54, 1.807) is 6.92 Å². The number of carbonyl (C=O) groups excluding carboxylic acids is 2. The van der Waals surface area contributed by atoms with E-state index in [0.29, 0.717) is 22.6 Å². The van der Waals surface area contributed by atoms with Crippen LogP contribution < -0.4 is 5.32 Å². The fourth-order valence-electron chi connectivity index (χ4n) is 2.04. The first kappa shape index (κ1) is 16.0. The van der Waals surface area contributed by atoms with Crippen LogP contribution in [0.4, 0.5) is 0 Å². The quantitative estimate of drug-likeness (QED) is 0.792. The maximum absolute atomic E-state index is 12.0. The number of sulfone groups is 1. The topological polar surface area (TPSA) is 89.5 Å². The van der Waals surface area contributed by atoms with Crippen LogP contribution >= 0.6 is 11.3 Å². The van der Waals surface area contributed by atoms with E-state index in [4.69, 9.17) is 0 Å². The minimum Gasteiger partial charge on any atom is -0.465 e. The van der Waals surface area contributed by atoms with Crippen LogP contribution in [0, 0.1) is 0 Å².